The van der Waals surface area contributed by atoms with Crippen LogP contribution < -0.4 is 27.4 Å². The van der Waals surface area contributed by atoms with Crippen LogP contribution in [0.15, 0.2) is 60.7 Å². The van der Waals surface area contributed by atoms with Crippen molar-refractivity contribution >= 4 is 47.2 Å². The van der Waals surface area contributed by atoms with E-state index in [9.17, 15) is 28.8 Å². The maximum Gasteiger partial charge on any atom is 0.249 e. The van der Waals surface area contributed by atoms with Crippen LogP contribution in [0.25, 0.3) is 0 Å². The van der Waals surface area contributed by atoms with Crippen LogP contribution in [0, 0.1) is 5.92 Å². The molecular weight excluding hydrogens is 707 g/mol. The lowest BCUT2D eigenvalue weighted by Crippen LogP contribution is -2.59. The first kappa shape index (κ1) is 44.1. The van der Waals surface area contributed by atoms with Crippen molar-refractivity contribution < 1.29 is 28.8 Å². The van der Waals surface area contributed by atoms with Crippen molar-refractivity contribution in [3.05, 3.63) is 71.8 Å². The Morgan fingerprint density at radius 3 is 2.07 bits per heavy atom. The van der Waals surface area contributed by atoms with E-state index in [1.54, 1.807) is 7.05 Å². The minimum atomic E-state index is -0.984. The number of benzene rings is 2. The number of nitrogens with one attached hydrogen (secondary N) is 3. The first-order valence-corrected chi connectivity index (χ1v) is 20.3. The highest BCUT2D eigenvalue weighted by Gasteiger charge is 2.42. The van der Waals surface area contributed by atoms with Crippen LogP contribution in [0.5, 0.6) is 0 Å². The van der Waals surface area contributed by atoms with Gasteiger partial charge in [0.1, 0.15) is 24.2 Å². The summed E-state index contributed by atoms with van der Waals surface area (Å²) in [4.78, 5) is 84.4. The van der Waals surface area contributed by atoms with Crippen LogP contribution in [0.3, 0.4) is 0 Å². The Morgan fingerprint density at radius 1 is 0.870 bits per heavy atom. The Balaban J connectivity index is 1.79. The molecule has 1 aliphatic rings. The highest BCUT2D eigenvalue weighted by atomic mass is 32.2. The Kier molecular flexibility index (Phi) is 18.7. The average Bonchev–Trinajstić information content (AvgIpc) is 3.65. The number of hydrogen-bond acceptors (Lipinski definition) is 9. The van der Waals surface area contributed by atoms with Gasteiger partial charge in [-0.15, -0.1) is 0 Å². The van der Waals surface area contributed by atoms with E-state index in [1.165, 1.54) is 21.6 Å². The molecule has 1 saturated heterocycles. The minimum Gasteiger partial charge on any atom is -0.343 e. The largest absolute Gasteiger partial charge is 0.343 e. The van der Waals surface area contributed by atoms with Crippen molar-refractivity contribution in [3.8, 4) is 0 Å². The van der Waals surface area contributed by atoms with Crippen LogP contribution in [0.1, 0.15) is 69.9 Å². The Hall–Kier alpha value is -4.27. The molecule has 1 aliphatic heterocycles. The third-order valence-electron chi connectivity index (χ3n) is 9.53. The van der Waals surface area contributed by atoms with Gasteiger partial charge in [0.15, 0.2) is 0 Å². The number of imide groups is 1. The molecule has 0 bridgehead atoms. The standard InChI is InChI=1S/C40H59N7O6S/c1-27(2)24-34(38(51)43-31(20-23-54-4)37(50)45-35(48)19-11-12-21-41)46(3)40(53)33-18-13-22-47(33)39(52)32(26-29-16-9-6-10-17-29)44-36(49)30(42)25-28-14-7-5-8-15-28/h5-10,14-17,27,30-34H,11-13,18-26,41-42H2,1-4H3,(H,43,51)(H,44,49)(H,45,48,50)/t30-,31-,32-,33-,34-/m0/s1. The monoisotopic (exact) mass is 765 g/mol. The average molecular weight is 766 g/mol. The van der Waals surface area contributed by atoms with Gasteiger partial charge in [0.2, 0.25) is 35.4 Å². The molecule has 2 aromatic carbocycles. The van der Waals surface area contributed by atoms with Crippen molar-refractivity contribution in [2.45, 2.75) is 102 Å². The van der Waals surface area contributed by atoms with E-state index in [2.05, 4.69) is 16.0 Å². The van der Waals surface area contributed by atoms with Crippen molar-refractivity contribution in [3.63, 3.8) is 0 Å². The van der Waals surface area contributed by atoms with E-state index in [0.29, 0.717) is 57.4 Å². The molecule has 7 N–H and O–H groups in total. The first-order valence-electron chi connectivity index (χ1n) is 18.9. The Bertz CT molecular complexity index is 1530. The molecule has 54 heavy (non-hydrogen) atoms. The lowest BCUT2D eigenvalue weighted by molar-refractivity contribution is -0.148. The van der Waals surface area contributed by atoms with Crippen molar-refractivity contribution in [2.24, 2.45) is 17.4 Å². The summed E-state index contributed by atoms with van der Waals surface area (Å²) in [6, 6.07) is 14.0. The molecule has 5 atom stereocenters. The summed E-state index contributed by atoms with van der Waals surface area (Å²) >= 11 is 1.50. The molecule has 1 heterocycles. The third kappa shape index (κ3) is 13.9. The van der Waals surface area contributed by atoms with E-state index >= 15 is 0 Å². The number of carbonyl (C=O) groups excluding carboxylic acids is 6. The van der Waals surface area contributed by atoms with Gasteiger partial charge < -0.3 is 31.9 Å². The van der Waals surface area contributed by atoms with E-state index < -0.39 is 65.7 Å². The van der Waals surface area contributed by atoms with Gasteiger partial charge in [-0.25, -0.2) is 0 Å². The number of thioether (sulfide) groups is 1. The lowest BCUT2D eigenvalue weighted by Gasteiger charge is -2.35. The summed E-state index contributed by atoms with van der Waals surface area (Å²) in [6.45, 7) is 4.61. The molecular formula is C40H59N7O6S. The van der Waals surface area contributed by atoms with Gasteiger partial charge in [-0.05, 0) is 80.5 Å². The number of rotatable bonds is 21. The predicted molar refractivity (Wildman–Crippen MR) is 212 cm³/mol. The van der Waals surface area contributed by atoms with Crippen molar-refractivity contribution in [2.75, 3.05) is 32.1 Å². The third-order valence-corrected chi connectivity index (χ3v) is 10.2. The maximum atomic E-state index is 14.3. The number of amides is 6. The molecule has 3 rings (SSSR count). The molecule has 0 radical (unpaired) electrons. The van der Waals surface area contributed by atoms with Crippen LogP contribution in [0.4, 0.5) is 0 Å². The number of likely N-dealkylation sites (tertiary alicyclic amines) is 1. The zero-order chi connectivity index (χ0) is 39.6. The second kappa shape index (κ2) is 22.8. The summed E-state index contributed by atoms with van der Waals surface area (Å²) in [5.41, 5.74) is 13.5. The smallest absolute Gasteiger partial charge is 0.249 e. The first-order chi connectivity index (χ1) is 25.9. The van der Waals surface area contributed by atoms with Gasteiger partial charge >= 0.3 is 0 Å². The molecule has 0 saturated carbocycles. The molecule has 6 amide bonds. The zero-order valence-electron chi connectivity index (χ0n) is 32.1. The summed E-state index contributed by atoms with van der Waals surface area (Å²) in [5, 5.41) is 8.10. The van der Waals surface area contributed by atoms with Gasteiger partial charge in [0.25, 0.3) is 0 Å². The molecule has 0 aromatic heterocycles. The molecule has 1 fully saturated rings. The number of hydrogen-bond donors (Lipinski definition) is 5. The topological polar surface area (TPSA) is 197 Å². The highest BCUT2D eigenvalue weighted by molar-refractivity contribution is 7.98. The van der Waals surface area contributed by atoms with Crippen molar-refractivity contribution in [1.29, 1.82) is 0 Å². The summed E-state index contributed by atoms with van der Waals surface area (Å²) in [5.74, 6) is -2.28. The van der Waals surface area contributed by atoms with Gasteiger partial charge in [-0.3, -0.25) is 34.1 Å². The minimum absolute atomic E-state index is 0.00506. The fraction of sp³-hybridized carbons (Fsp3) is 0.550. The van der Waals surface area contributed by atoms with E-state index in [-0.39, 0.29) is 25.2 Å². The van der Waals surface area contributed by atoms with Crippen LogP contribution in [0.2, 0.25) is 0 Å². The number of unbranched alkanes of at least 4 members (excludes halogenated alkanes) is 1. The van der Waals surface area contributed by atoms with Crippen LogP contribution in [-0.4, -0.2) is 108 Å². The second-order valence-electron chi connectivity index (χ2n) is 14.3. The molecule has 2 aromatic rings. The summed E-state index contributed by atoms with van der Waals surface area (Å²) in [7, 11) is 1.54. The quantitative estimate of drug-likeness (QED) is 0.118. The van der Waals surface area contributed by atoms with Gasteiger partial charge in [0.05, 0.1) is 6.04 Å². The maximum absolute atomic E-state index is 14.3. The molecule has 0 spiro atoms. The summed E-state index contributed by atoms with van der Waals surface area (Å²) in [6.07, 6.45) is 5.25. The Morgan fingerprint density at radius 2 is 1.48 bits per heavy atom. The van der Waals surface area contributed by atoms with Gasteiger partial charge in [-0.2, -0.15) is 11.8 Å². The normalized spacial score (nSPS) is 16.2. The lowest BCUT2D eigenvalue weighted by atomic mass is 9.99. The van der Waals surface area contributed by atoms with Crippen LogP contribution in [-0.2, 0) is 41.6 Å². The molecule has 0 aliphatic carbocycles. The number of nitrogens with two attached hydrogens (primary N) is 2. The molecule has 0 unspecified atom stereocenters. The Labute approximate surface area is 324 Å². The van der Waals surface area contributed by atoms with E-state index in [1.807, 2.05) is 80.8 Å². The van der Waals surface area contributed by atoms with Crippen LogP contribution >= 0.6 is 11.8 Å². The molecule has 296 valence electrons. The number of carbonyl (C=O) groups is 6. The second-order valence-corrected chi connectivity index (χ2v) is 15.3. The van der Waals surface area contributed by atoms with Gasteiger partial charge in [-0.1, -0.05) is 74.5 Å². The highest BCUT2D eigenvalue weighted by Crippen LogP contribution is 2.24. The SMILES string of the molecule is CSCC[C@H](NC(=O)[C@H](CC(C)C)N(C)C(=O)[C@@H]1CCCN1C(=O)[C@H](Cc1ccccc1)NC(=O)[C@@H](N)Cc1ccccc1)C(=O)NC(=O)CCCCN. The van der Waals surface area contributed by atoms with E-state index in [4.69, 9.17) is 11.5 Å². The van der Waals surface area contributed by atoms with E-state index in [0.717, 1.165) is 11.1 Å². The molecule has 13 nitrogen and oxygen atoms in total. The molecule has 14 heteroatoms. The summed E-state index contributed by atoms with van der Waals surface area (Å²) < 4.78 is 0. The predicted octanol–water partition coefficient (Wildman–Crippen LogP) is 2.16. The number of nitrogens with zero attached hydrogens (tertiary/aromatic N) is 2. The van der Waals surface area contributed by atoms with Crippen molar-refractivity contribution in [1.82, 2.24) is 25.8 Å². The number of likely N-dealkylation sites (N-methyl/N-ethyl adjacent to an activating group) is 1. The van der Waals surface area contributed by atoms with Gasteiger partial charge in [0, 0.05) is 26.4 Å². The fourth-order valence-corrected chi connectivity index (χ4v) is 7.01. The fourth-order valence-electron chi connectivity index (χ4n) is 6.54. The zero-order valence-corrected chi connectivity index (χ0v) is 32.9.